The first-order valence-electron chi connectivity index (χ1n) is 9.49. The molecule has 0 unspecified atom stereocenters. The van der Waals surface area contributed by atoms with E-state index in [9.17, 15) is 9.59 Å². The van der Waals surface area contributed by atoms with Crippen LogP contribution >= 0.6 is 0 Å². The van der Waals surface area contributed by atoms with Crippen LogP contribution in [-0.2, 0) is 4.79 Å². The lowest BCUT2D eigenvalue weighted by atomic mass is 9.78. The molecule has 0 aliphatic carbocycles. The third-order valence-electron chi connectivity index (χ3n) is 6.18. The maximum Gasteiger partial charge on any atom is 0.253 e. The Hall–Kier alpha value is -2.04. The number of nitrogens with zero attached hydrogens (tertiary/aromatic N) is 3. The molecule has 3 heterocycles. The van der Waals surface area contributed by atoms with Gasteiger partial charge in [-0.3, -0.25) is 9.59 Å². The second kappa shape index (κ2) is 6.36. The van der Waals surface area contributed by atoms with Crippen LogP contribution in [0.1, 0.15) is 42.5 Å². The molecule has 5 heteroatoms. The maximum absolute atomic E-state index is 12.9. The van der Waals surface area contributed by atoms with Crippen molar-refractivity contribution in [2.75, 3.05) is 44.7 Å². The molecule has 1 spiro atoms. The first-order valence-corrected chi connectivity index (χ1v) is 9.49. The van der Waals surface area contributed by atoms with E-state index in [2.05, 4.69) is 17.0 Å². The van der Waals surface area contributed by atoms with Crippen LogP contribution in [0.2, 0.25) is 0 Å². The largest absolute Gasteiger partial charge is 0.372 e. The van der Waals surface area contributed by atoms with E-state index in [1.807, 2.05) is 29.0 Å². The summed E-state index contributed by atoms with van der Waals surface area (Å²) in [4.78, 5) is 31.6. The Balaban J connectivity index is 1.45. The van der Waals surface area contributed by atoms with Gasteiger partial charge in [-0.25, -0.2) is 0 Å². The fraction of sp³-hybridized carbons (Fsp3) is 0.600. The fourth-order valence-corrected chi connectivity index (χ4v) is 4.67. The van der Waals surface area contributed by atoms with Crippen molar-refractivity contribution in [1.82, 2.24) is 9.80 Å². The van der Waals surface area contributed by atoms with E-state index < -0.39 is 0 Å². The summed E-state index contributed by atoms with van der Waals surface area (Å²) in [5.41, 5.74) is 1.60. The Bertz CT molecular complexity index is 666. The van der Waals surface area contributed by atoms with Gasteiger partial charge in [0.25, 0.3) is 5.91 Å². The summed E-state index contributed by atoms with van der Waals surface area (Å²) in [7, 11) is 1.88. The van der Waals surface area contributed by atoms with Gasteiger partial charge < -0.3 is 14.7 Å². The number of carbonyl (C=O) groups is 2. The normalized spacial score (nSPS) is 26.8. The number of hydrogen-bond acceptors (Lipinski definition) is 3. The number of likely N-dealkylation sites (tertiary alicyclic amines) is 2. The Morgan fingerprint density at radius 2 is 1.68 bits per heavy atom. The maximum atomic E-state index is 12.9. The number of benzene rings is 1. The smallest absolute Gasteiger partial charge is 0.253 e. The second-order valence-corrected chi connectivity index (χ2v) is 7.83. The molecule has 0 radical (unpaired) electrons. The average molecular weight is 341 g/mol. The zero-order valence-electron chi connectivity index (χ0n) is 15.0. The van der Waals surface area contributed by atoms with Crippen molar-refractivity contribution in [2.24, 2.45) is 5.41 Å². The summed E-state index contributed by atoms with van der Waals surface area (Å²) in [5, 5.41) is 0. The molecule has 5 nitrogen and oxygen atoms in total. The van der Waals surface area contributed by atoms with Gasteiger partial charge in [-0.15, -0.1) is 0 Å². The molecule has 2 amide bonds. The quantitative estimate of drug-likeness (QED) is 0.829. The third-order valence-corrected chi connectivity index (χ3v) is 6.18. The molecule has 3 fully saturated rings. The molecule has 0 N–H and O–H groups in total. The van der Waals surface area contributed by atoms with E-state index in [-0.39, 0.29) is 17.2 Å². The average Bonchev–Trinajstić information content (AvgIpc) is 3.30. The standard InChI is InChI=1S/C20H27N3O2/c1-21-11-4-9-20(19(21)25)10-14-23(15-20)18(24)16-5-7-17(8-6-16)22-12-2-3-13-22/h5-8H,2-4,9-15H2,1H3/t20-/m1/s1. The number of anilines is 1. The summed E-state index contributed by atoms with van der Waals surface area (Å²) in [6.07, 6.45) is 5.24. The monoisotopic (exact) mass is 341 g/mol. The van der Waals surface area contributed by atoms with Crippen LogP contribution < -0.4 is 4.90 Å². The van der Waals surface area contributed by atoms with Crippen LogP contribution in [0.4, 0.5) is 5.69 Å². The highest BCUT2D eigenvalue weighted by Gasteiger charge is 2.48. The van der Waals surface area contributed by atoms with Crippen LogP contribution in [-0.4, -0.2) is 61.4 Å². The van der Waals surface area contributed by atoms with Crippen molar-refractivity contribution in [1.29, 1.82) is 0 Å². The molecular weight excluding hydrogens is 314 g/mol. The Labute approximate surface area is 149 Å². The van der Waals surface area contributed by atoms with Crippen LogP contribution in [0.5, 0.6) is 0 Å². The van der Waals surface area contributed by atoms with Gasteiger partial charge in [0.05, 0.1) is 5.41 Å². The molecule has 3 aliphatic rings. The molecule has 3 saturated heterocycles. The second-order valence-electron chi connectivity index (χ2n) is 7.83. The highest BCUT2D eigenvalue weighted by Crippen LogP contribution is 2.40. The van der Waals surface area contributed by atoms with E-state index in [0.717, 1.165) is 44.5 Å². The van der Waals surface area contributed by atoms with E-state index >= 15 is 0 Å². The van der Waals surface area contributed by atoms with Crippen LogP contribution in [0.25, 0.3) is 0 Å². The number of piperidine rings is 1. The van der Waals surface area contributed by atoms with Gasteiger partial charge in [-0.05, 0) is 56.4 Å². The van der Waals surface area contributed by atoms with Crippen LogP contribution in [0.3, 0.4) is 0 Å². The van der Waals surface area contributed by atoms with Crippen LogP contribution in [0, 0.1) is 5.41 Å². The highest BCUT2D eigenvalue weighted by atomic mass is 16.2. The van der Waals surface area contributed by atoms with Crippen molar-refractivity contribution in [3.63, 3.8) is 0 Å². The molecular formula is C20H27N3O2. The third kappa shape index (κ3) is 2.90. The van der Waals surface area contributed by atoms with Crippen LogP contribution in [0.15, 0.2) is 24.3 Å². The SMILES string of the molecule is CN1CCC[C@]2(CCN(C(=O)c3ccc(N4CCCC4)cc3)C2)C1=O. The van der Waals surface area contributed by atoms with Gasteiger partial charge in [-0.1, -0.05) is 0 Å². The predicted molar refractivity (Wildman–Crippen MR) is 97.7 cm³/mol. The molecule has 1 atom stereocenters. The van der Waals surface area contributed by atoms with Gasteiger partial charge in [0.1, 0.15) is 0 Å². The number of hydrogen-bond donors (Lipinski definition) is 0. The summed E-state index contributed by atoms with van der Waals surface area (Å²) in [6.45, 7) is 4.32. The van der Waals surface area contributed by atoms with E-state index in [1.165, 1.54) is 18.5 Å². The molecule has 0 saturated carbocycles. The predicted octanol–water partition coefficient (Wildman–Crippen LogP) is 2.37. The van der Waals surface area contributed by atoms with E-state index in [1.54, 1.807) is 0 Å². The minimum atomic E-state index is -0.335. The molecule has 3 aliphatic heterocycles. The van der Waals surface area contributed by atoms with Gasteiger partial charge in [0.15, 0.2) is 0 Å². The Morgan fingerprint density at radius 1 is 0.960 bits per heavy atom. The van der Waals surface area contributed by atoms with Crippen molar-refractivity contribution in [3.8, 4) is 0 Å². The first kappa shape index (κ1) is 16.4. The lowest BCUT2D eigenvalue weighted by molar-refractivity contribution is -0.143. The van der Waals surface area contributed by atoms with Gasteiger partial charge in [0.2, 0.25) is 5.91 Å². The van der Waals surface area contributed by atoms with Gasteiger partial charge in [0, 0.05) is 51.0 Å². The molecule has 134 valence electrons. The highest BCUT2D eigenvalue weighted by molar-refractivity contribution is 5.96. The summed E-state index contributed by atoms with van der Waals surface area (Å²) < 4.78 is 0. The molecule has 0 aromatic heterocycles. The minimum Gasteiger partial charge on any atom is -0.372 e. The van der Waals surface area contributed by atoms with Crippen molar-refractivity contribution < 1.29 is 9.59 Å². The van der Waals surface area contributed by atoms with Crippen molar-refractivity contribution in [2.45, 2.75) is 32.1 Å². The number of amides is 2. The summed E-state index contributed by atoms with van der Waals surface area (Å²) >= 11 is 0. The lowest BCUT2D eigenvalue weighted by Gasteiger charge is -2.37. The molecule has 0 bridgehead atoms. The molecule has 1 aromatic rings. The minimum absolute atomic E-state index is 0.0610. The first-order chi connectivity index (χ1) is 12.1. The molecule has 1 aromatic carbocycles. The number of rotatable bonds is 2. The van der Waals surface area contributed by atoms with Crippen molar-refractivity contribution >= 4 is 17.5 Å². The topological polar surface area (TPSA) is 43.9 Å². The molecule has 4 rings (SSSR count). The summed E-state index contributed by atoms with van der Waals surface area (Å²) in [6, 6.07) is 8.00. The lowest BCUT2D eigenvalue weighted by Crippen LogP contribution is -2.48. The fourth-order valence-electron chi connectivity index (χ4n) is 4.67. The Kier molecular flexibility index (Phi) is 4.18. The van der Waals surface area contributed by atoms with Crippen molar-refractivity contribution in [3.05, 3.63) is 29.8 Å². The van der Waals surface area contributed by atoms with Gasteiger partial charge in [-0.2, -0.15) is 0 Å². The summed E-state index contributed by atoms with van der Waals surface area (Å²) in [5.74, 6) is 0.282. The van der Waals surface area contributed by atoms with E-state index in [0.29, 0.717) is 13.1 Å². The molecule has 25 heavy (non-hydrogen) atoms. The Morgan fingerprint density at radius 3 is 2.40 bits per heavy atom. The van der Waals surface area contributed by atoms with E-state index in [4.69, 9.17) is 0 Å². The van der Waals surface area contributed by atoms with Gasteiger partial charge >= 0.3 is 0 Å². The number of carbonyl (C=O) groups excluding carboxylic acids is 2. The zero-order chi connectivity index (χ0) is 17.4. The zero-order valence-corrected chi connectivity index (χ0v) is 15.0.